The predicted octanol–water partition coefficient (Wildman–Crippen LogP) is 2.35. The quantitative estimate of drug-likeness (QED) is 0.900. The summed E-state index contributed by atoms with van der Waals surface area (Å²) in [5.74, 6) is -2.07. The highest BCUT2D eigenvalue weighted by atomic mass is 19.1. The van der Waals surface area contributed by atoms with Crippen LogP contribution in [0.5, 0.6) is 0 Å². The van der Waals surface area contributed by atoms with Crippen LogP contribution in [0.15, 0.2) is 42.5 Å². The summed E-state index contributed by atoms with van der Waals surface area (Å²) in [4.78, 5) is 11.8. The lowest BCUT2D eigenvalue weighted by Gasteiger charge is -2.06. The van der Waals surface area contributed by atoms with Crippen molar-refractivity contribution in [1.29, 1.82) is 0 Å². The van der Waals surface area contributed by atoms with Crippen molar-refractivity contribution in [3.63, 3.8) is 0 Å². The monoisotopic (exact) mass is 276 g/mol. The van der Waals surface area contributed by atoms with E-state index in [1.54, 1.807) is 0 Å². The van der Waals surface area contributed by atoms with Crippen molar-refractivity contribution >= 4 is 5.91 Å². The number of benzene rings is 2. The molecule has 0 heterocycles. The SMILES string of the molecule is NCc1ccc(CNC(=O)c2cc(F)cc(F)c2)cc1. The van der Waals surface area contributed by atoms with Crippen LogP contribution in [0.4, 0.5) is 8.78 Å². The van der Waals surface area contributed by atoms with E-state index in [2.05, 4.69) is 5.32 Å². The van der Waals surface area contributed by atoms with Crippen LogP contribution < -0.4 is 11.1 Å². The van der Waals surface area contributed by atoms with Gasteiger partial charge in [-0.1, -0.05) is 24.3 Å². The Labute approximate surface area is 115 Å². The van der Waals surface area contributed by atoms with Crippen LogP contribution in [0.25, 0.3) is 0 Å². The van der Waals surface area contributed by atoms with Crippen LogP contribution >= 0.6 is 0 Å². The van der Waals surface area contributed by atoms with Crippen LogP contribution in [-0.2, 0) is 13.1 Å². The maximum Gasteiger partial charge on any atom is 0.251 e. The van der Waals surface area contributed by atoms with Crippen molar-refractivity contribution in [2.75, 3.05) is 0 Å². The molecule has 0 aliphatic heterocycles. The highest BCUT2D eigenvalue weighted by Gasteiger charge is 2.08. The molecule has 0 saturated heterocycles. The third kappa shape index (κ3) is 3.61. The number of hydrogen-bond acceptors (Lipinski definition) is 2. The third-order valence-electron chi connectivity index (χ3n) is 2.84. The molecule has 0 spiro atoms. The van der Waals surface area contributed by atoms with Crippen molar-refractivity contribution in [2.45, 2.75) is 13.1 Å². The average molecular weight is 276 g/mol. The van der Waals surface area contributed by atoms with Crippen LogP contribution in [0.3, 0.4) is 0 Å². The van der Waals surface area contributed by atoms with Gasteiger partial charge in [-0.25, -0.2) is 8.78 Å². The number of carbonyl (C=O) groups is 1. The third-order valence-corrected chi connectivity index (χ3v) is 2.84. The fourth-order valence-corrected chi connectivity index (χ4v) is 1.76. The molecule has 0 aliphatic rings. The van der Waals surface area contributed by atoms with E-state index in [0.717, 1.165) is 29.3 Å². The molecule has 20 heavy (non-hydrogen) atoms. The van der Waals surface area contributed by atoms with Gasteiger partial charge in [0.1, 0.15) is 11.6 Å². The van der Waals surface area contributed by atoms with Gasteiger partial charge < -0.3 is 11.1 Å². The first-order chi connectivity index (χ1) is 9.58. The molecule has 0 saturated carbocycles. The Morgan fingerprint density at radius 2 is 1.55 bits per heavy atom. The highest BCUT2D eigenvalue weighted by molar-refractivity contribution is 5.94. The molecule has 5 heteroatoms. The lowest BCUT2D eigenvalue weighted by Crippen LogP contribution is -2.23. The molecular formula is C15H14F2N2O. The van der Waals surface area contributed by atoms with Gasteiger partial charge in [0.2, 0.25) is 0 Å². The number of carbonyl (C=O) groups excluding carboxylic acids is 1. The average Bonchev–Trinajstić information content (AvgIpc) is 2.44. The van der Waals surface area contributed by atoms with E-state index >= 15 is 0 Å². The summed E-state index contributed by atoms with van der Waals surface area (Å²) >= 11 is 0. The smallest absolute Gasteiger partial charge is 0.251 e. The van der Waals surface area contributed by atoms with Gasteiger partial charge >= 0.3 is 0 Å². The van der Waals surface area contributed by atoms with Crippen LogP contribution in [-0.4, -0.2) is 5.91 Å². The van der Waals surface area contributed by atoms with Gasteiger partial charge in [0.15, 0.2) is 0 Å². The number of amides is 1. The number of rotatable bonds is 4. The Bertz CT molecular complexity index is 592. The molecule has 2 rings (SSSR count). The van der Waals surface area contributed by atoms with E-state index in [-0.39, 0.29) is 12.1 Å². The van der Waals surface area contributed by atoms with Crippen molar-refractivity contribution < 1.29 is 13.6 Å². The van der Waals surface area contributed by atoms with Crippen molar-refractivity contribution in [3.05, 3.63) is 70.8 Å². The highest BCUT2D eigenvalue weighted by Crippen LogP contribution is 2.09. The molecule has 0 unspecified atom stereocenters. The lowest BCUT2D eigenvalue weighted by atomic mass is 10.1. The van der Waals surface area contributed by atoms with Crippen molar-refractivity contribution in [1.82, 2.24) is 5.32 Å². The van der Waals surface area contributed by atoms with E-state index in [0.29, 0.717) is 6.54 Å². The summed E-state index contributed by atoms with van der Waals surface area (Å²) < 4.78 is 26.0. The lowest BCUT2D eigenvalue weighted by molar-refractivity contribution is 0.0950. The van der Waals surface area contributed by atoms with Gasteiger partial charge in [0, 0.05) is 24.7 Å². The molecule has 3 N–H and O–H groups in total. The van der Waals surface area contributed by atoms with E-state index in [4.69, 9.17) is 5.73 Å². The standard InChI is InChI=1S/C15H14F2N2O/c16-13-5-12(6-14(17)7-13)15(20)19-9-11-3-1-10(8-18)2-4-11/h1-7H,8-9,18H2,(H,19,20). The van der Waals surface area contributed by atoms with Gasteiger partial charge in [-0.2, -0.15) is 0 Å². The molecule has 1 amide bonds. The van der Waals surface area contributed by atoms with E-state index in [1.165, 1.54) is 0 Å². The molecule has 104 valence electrons. The summed E-state index contributed by atoms with van der Waals surface area (Å²) in [6.45, 7) is 0.733. The second kappa shape index (κ2) is 6.25. The fraction of sp³-hybridized carbons (Fsp3) is 0.133. The first-order valence-electron chi connectivity index (χ1n) is 6.10. The minimum atomic E-state index is -0.776. The van der Waals surface area contributed by atoms with Gasteiger partial charge in [0.05, 0.1) is 0 Å². The summed E-state index contributed by atoms with van der Waals surface area (Å²) in [7, 11) is 0. The molecule has 0 aromatic heterocycles. The van der Waals surface area contributed by atoms with E-state index < -0.39 is 17.5 Å². The number of nitrogens with one attached hydrogen (secondary N) is 1. The van der Waals surface area contributed by atoms with Gasteiger partial charge in [0.25, 0.3) is 5.91 Å². The van der Waals surface area contributed by atoms with E-state index in [1.807, 2.05) is 24.3 Å². The second-order valence-electron chi connectivity index (χ2n) is 4.36. The predicted molar refractivity (Wildman–Crippen MR) is 71.9 cm³/mol. The molecule has 2 aromatic rings. The maximum atomic E-state index is 13.0. The Morgan fingerprint density at radius 3 is 2.10 bits per heavy atom. The minimum absolute atomic E-state index is 0.0407. The number of hydrogen-bond donors (Lipinski definition) is 2. The molecule has 0 bridgehead atoms. The zero-order valence-corrected chi connectivity index (χ0v) is 10.7. The normalized spacial score (nSPS) is 10.3. The number of halogens is 2. The fourth-order valence-electron chi connectivity index (χ4n) is 1.76. The molecular weight excluding hydrogens is 262 g/mol. The van der Waals surface area contributed by atoms with Gasteiger partial charge in [-0.05, 0) is 23.3 Å². The molecule has 2 aromatic carbocycles. The van der Waals surface area contributed by atoms with Gasteiger partial charge in [-0.15, -0.1) is 0 Å². The molecule has 0 fully saturated rings. The largest absolute Gasteiger partial charge is 0.348 e. The molecule has 0 aliphatic carbocycles. The van der Waals surface area contributed by atoms with Gasteiger partial charge in [-0.3, -0.25) is 4.79 Å². The minimum Gasteiger partial charge on any atom is -0.348 e. The topological polar surface area (TPSA) is 55.1 Å². The van der Waals surface area contributed by atoms with Crippen LogP contribution in [0.2, 0.25) is 0 Å². The second-order valence-corrected chi connectivity index (χ2v) is 4.36. The molecule has 0 atom stereocenters. The Balaban J connectivity index is 2.00. The van der Waals surface area contributed by atoms with Crippen LogP contribution in [0.1, 0.15) is 21.5 Å². The Morgan fingerprint density at radius 1 is 1.00 bits per heavy atom. The Hall–Kier alpha value is -2.27. The first-order valence-corrected chi connectivity index (χ1v) is 6.10. The summed E-state index contributed by atoms with van der Waals surface area (Å²) in [6.07, 6.45) is 0. The van der Waals surface area contributed by atoms with E-state index in [9.17, 15) is 13.6 Å². The maximum absolute atomic E-state index is 13.0. The Kier molecular flexibility index (Phi) is 4.42. The molecule has 0 radical (unpaired) electrons. The zero-order chi connectivity index (χ0) is 14.5. The van der Waals surface area contributed by atoms with Crippen LogP contribution in [0, 0.1) is 11.6 Å². The zero-order valence-electron chi connectivity index (χ0n) is 10.7. The van der Waals surface area contributed by atoms with Crippen molar-refractivity contribution in [2.24, 2.45) is 5.73 Å². The summed E-state index contributed by atoms with van der Waals surface area (Å²) in [6, 6.07) is 10.1. The van der Waals surface area contributed by atoms with Crippen molar-refractivity contribution in [3.8, 4) is 0 Å². The first kappa shape index (κ1) is 14.1. The molecule has 3 nitrogen and oxygen atoms in total. The summed E-state index contributed by atoms with van der Waals surface area (Å²) in [5.41, 5.74) is 7.32. The summed E-state index contributed by atoms with van der Waals surface area (Å²) in [5, 5.41) is 2.60. The number of nitrogens with two attached hydrogens (primary N) is 1.